The largest absolute Gasteiger partial charge is 0.429 e. The lowest BCUT2D eigenvalue weighted by Crippen LogP contribution is -2.21. The van der Waals surface area contributed by atoms with Crippen LogP contribution < -0.4 is 4.74 Å². The van der Waals surface area contributed by atoms with Crippen LogP contribution in [0, 0.1) is 46.6 Å². The van der Waals surface area contributed by atoms with E-state index >= 15 is 8.78 Å². The number of alkyl halides is 2. The van der Waals surface area contributed by atoms with E-state index in [9.17, 15) is 30.7 Å². The predicted octanol–water partition coefficient (Wildman–Crippen LogP) is 11.7. The molecule has 0 aliphatic carbocycles. The summed E-state index contributed by atoms with van der Waals surface area (Å²) in [5.74, 6) is -10.2. The monoisotopic (exact) mass is 678 g/mol. The highest BCUT2D eigenvalue weighted by molar-refractivity contribution is 5.72. The summed E-state index contributed by atoms with van der Waals surface area (Å²) in [6.45, 7) is 2.77. The number of rotatable bonds is 11. The van der Waals surface area contributed by atoms with Gasteiger partial charge < -0.3 is 9.47 Å². The molecule has 254 valence electrons. The van der Waals surface area contributed by atoms with Crippen LogP contribution in [-0.4, -0.2) is 12.7 Å². The lowest BCUT2D eigenvalue weighted by molar-refractivity contribution is -0.131. The van der Waals surface area contributed by atoms with Gasteiger partial charge in [0.05, 0.1) is 12.7 Å². The molecule has 2 atom stereocenters. The fraction of sp³-hybridized carbons (Fsp3) is 0.297. The Labute approximate surface area is 271 Å². The zero-order valence-corrected chi connectivity index (χ0v) is 25.8. The van der Waals surface area contributed by atoms with E-state index in [4.69, 9.17) is 4.74 Å². The van der Waals surface area contributed by atoms with Crippen molar-refractivity contribution in [3.63, 3.8) is 0 Å². The van der Waals surface area contributed by atoms with Crippen LogP contribution in [0.15, 0.2) is 66.7 Å². The standard InChI is InChI=1S/C37H31F9O2/c1-2-3-4-5-21-6-11-35(47-20-21)23-8-10-26(30(39)15-23)22-7-9-27(29(38)14-22)24-16-31(40)28(32(41)17-24)12-13-37(45,46)48-25-18-33(42)36(44)34(43)19-25/h7-10,12-19,21,35H,2-6,11,20H2,1H3/b13-12+. The minimum Gasteiger partial charge on any atom is -0.429 e. The van der Waals surface area contributed by atoms with E-state index in [1.165, 1.54) is 30.7 Å². The first-order valence-corrected chi connectivity index (χ1v) is 15.5. The van der Waals surface area contributed by atoms with Gasteiger partial charge >= 0.3 is 6.11 Å². The quantitative estimate of drug-likeness (QED) is 0.0893. The molecule has 0 bridgehead atoms. The van der Waals surface area contributed by atoms with Crippen molar-refractivity contribution in [2.75, 3.05) is 6.61 Å². The number of hydrogen-bond donors (Lipinski definition) is 0. The van der Waals surface area contributed by atoms with Gasteiger partial charge in [-0.25, -0.2) is 30.7 Å². The Morgan fingerprint density at radius 3 is 1.96 bits per heavy atom. The first kappa shape index (κ1) is 35.1. The normalized spacial score (nSPS) is 16.9. The Kier molecular flexibility index (Phi) is 10.9. The third-order valence-electron chi connectivity index (χ3n) is 8.28. The molecule has 2 nitrogen and oxygen atoms in total. The van der Waals surface area contributed by atoms with Gasteiger partial charge in [-0.05, 0) is 72.2 Å². The molecule has 1 aliphatic heterocycles. The summed E-state index contributed by atoms with van der Waals surface area (Å²) < 4.78 is 139. The fourth-order valence-corrected chi connectivity index (χ4v) is 5.72. The number of ether oxygens (including phenoxy) is 2. The first-order chi connectivity index (χ1) is 22.8. The lowest BCUT2D eigenvalue weighted by atomic mass is 9.90. The molecule has 4 aromatic rings. The van der Waals surface area contributed by atoms with E-state index < -0.39 is 58.1 Å². The van der Waals surface area contributed by atoms with Crippen molar-refractivity contribution in [1.82, 2.24) is 0 Å². The van der Waals surface area contributed by atoms with Gasteiger partial charge in [-0.2, -0.15) is 8.78 Å². The Balaban J connectivity index is 1.28. The SMILES string of the molecule is CCCCCC1CCC(c2ccc(-c3ccc(-c4cc(F)c(/C=C/C(F)(F)Oc5cc(F)c(F)c(F)c5)c(F)c4)c(F)c3)c(F)c2)OC1. The highest BCUT2D eigenvalue weighted by atomic mass is 19.3. The van der Waals surface area contributed by atoms with Crippen LogP contribution in [0.5, 0.6) is 5.75 Å². The molecule has 2 unspecified atom stereocenters. The van der Waals surface area contributed by atoms with Gasteiger partial charge in [-0.3, -0.25) is 0 Å². The van der Waals surface area contributed by atoms with Crippen molar-refractivity contribution in [3.05, 3.63) is 119 Å². The molecule has 1 saturated heterocycles. The Morgan fingerprint density at radius 2 is 1.35 bits per heavy atom. The van der Waals surface area contributed by atoms with E-state index in [0.29, 0.717) is 24.2 Å². The van der Waals surface area contributed by atoms with E-state index in [2.05, 4.69) is 11.7 Å². The van der Waals surface area contributed by atoms with Crippen LogP contribution in [0.25, 0.3) is 28.3 Å². The summed E-state index contributed by atoms with van der Waals surface area (Å²) >= 11 is 0. The van der Waals surface area contributed by atoms with E-state index in [1.807, 2.05) is 0 Å². The van der Waals surface area contributed by atoms with Crippen molar-refractivity contribution in [2.24, 2.45) is 5.92 Å². The van der Waals surface area contributed by atoms with Crippen LogP contribution in [0.1, 0.15) is 62.7 Å². The first-order valence-electron chi connectivity index (χ1n) is 15.5. The van der Waals surface area contributed by atoms with E-state index in [1.54, 1.807) is 6.07 Å². The number of benzene rings is 4. The van der Waals surface area contributed by atoms with Gasteiger partial charge in [0, 0.05) is 34.9 Å². The molecular formula is C37H31F9O2. The molecule has 1 fully saturated rings. The second kappa shape index (κ2) is 14.9. The highest BCUT2D eigenvalue weighted by Gasteiger charge is 2.30. The molecule has 0 aromatic heterocycles. The third kappa shape index (κ3) is 8.24. The number of unbranched alkanes of at least 4 members (excludes halogenated alkanes) is 2. The second-order valence-corrected chi connectivity index (χ2v) is 11.7. The fourth-order valence-electron chi connectivity index (χ4n) is 5.72. The molecule has 0 N–H and O–H groups in total. The second-order valence-electron chi connectivity index (χ2n) is 11.7. The average Bonchev–Trinajstić information content (AvgIpc) is 3.03. The summed E-state index contributed by atoms with van der Waals surface area (Å²) in [4.78, 5) is 0. The van der Waals surface area contributed by atoms with Gasteiger partial charge in [0.25, 0.3) is 0 Å². The smallest absolute Gasteiger partial charge is 0.419 e. The zero-order valence-electron chi connectivity index (χ0n) is 25.8. The van der Waals surface area contributed by atoms with Gasteiger partial charge in [0.2, 0.25) is 0 Å². The molecular weight excluding hydrogens is 647 g/mol. The maximum absolute atomic E-state index is 15.2. The molecule has 0 spiro atoms. The zero-order chi connectivity index (χ0) is 34.6. The van der Waals surface area contributed by atoms with Crippen LogP contribution in [0.3, 0.4) is 0 Å². The summed E-state index contributed by atoms with van der Waals surface area (Å²) in [6, 6.07) is 10.0. The average molecular weight is 679 g/mol. The molecule has 0 radical (unpaired) electrons. The van der Waals surface area contributed by atoms with Crippen LogP contribution in [0.2, 0.25) is 0 Å². The van der Waals surface area contributed by atoms with E-state index in [-0.39, 0.29) is 46.6 Å². The summed E-state index contributed by atoms with van der Waals surface area (Å²) in [5.41, 5.74) is -0.448. The minimum atomic E-state index is -4.32. The van der Waals surface area contributed by atoms with Gasteiger partial charge in [0.1, 0.15) is 29.0 Å². The molecule has 5 rings (SSSR count). The topological polar surface area (TPSA) is 18.5 Å². The van der Waals surface area contributed by atoms with Crippen molar-refractivity contribution in [2.45, 2.75) is 57.7 Å². The van der Waals surface area contributed by atoms with Gasteiger partial charge in [-0.15, -0.1) is 0 Å². The van der Waals surface area contributed by atoms with Crippen molar-refractivity contribution in [1.29, 1.82) is 0 Å². The molecule has 1 heterocycles. The predicted molar refractivity (Wildman–Crippen MR) is 164 cm³/mol. The Hall–Kier alpha value is -4.25. The van der Waals surface area contributed by atoms with Crippen molar-refractivity contribution < 1.29 is 49.0 Å². The Morgan fingerprint density at radius 1 is 0.729 bits per heavy atom. The Bertz CT molecular complexity index is 1750. The van der Waals surface area contributed by atoms with Gasteiger partial charge in [0.15, 0.2) is 17.5 Å². The molecule has 0 amide bonds. The highest BCUT2D eigenvalue weighted by Crippen LogP contribution is 2.36. The molecule has 0 saturated carbocycles. The van der Waals surface area contributed by atoms with Crippen molar-refractivity contribution in [3.8, 4) is 28.0 Å². The summed E-state index contributed by atoms with van der Waals surface area (Å²) in [7, 11) is 0. The van der Waals surface area contributed by atoms with E-state index in [0.717, 1.165) is 50.3 Å². The van der Waals surface area contributed by atoms with Crippen LogP contribution >= 0.6 is 0 Å². The number of halogens is 9. The minimum absolute atomic E-state index is 0.0751. The molecule has 11 heteroatoms. The third-order valence-corrected chi connectivity index (χ3v) is 8.28. The summed E-state index contributed by atoms with van der Waals surface area (Å²) in [5, 5.41) is 0. The van der Waals surface area contributed by atoms with Crippen LogP contribution in [-0.2, 0) is 4.74 Å². The van der Waals surface area contributed by atoms with Gasteiger partial charge in [-0.1, -0.05) is 50.5 Å². The molecule has 4 aromatic carbocycles. The number of hydrogen-bond acceptors (Lipinski definition) is 2. The van der Waals surface area contributed by atoms with Crippen molar-refractivity contribution >= 4 is 6.08 Å². The summed E-state index contributed by atoms with van der Waals surface area (Å²) in [6.07, 6.45) is 2.08. The lowest BCUT2D eigenvalue weighted by Gasteiger charge is -2.29. The maximum Gasteiger partial charge on any atom is 0.419 e. The molecule has 48 heavy (non-hydrogen) atoms. The van der Waals surface area contributed by atoms with Crippen LogP contribution in [0.4, 0.5) is 39.5 Å². The maximum atomic E-state index is 15.2. The molecule has 1 aliphatic rings.